The van der Waals surface area contributed by atoms with Gasteiger partial charge in [0.15, 0.2) is 0 Å². The molecule has 0 aliphatic rings. The quantitative estimate of drug-likeness (QED) is 0.652. The number of hydrogen-bond donors (Lipinski definition) is 1. The van der Waals surface area contributed by atoms with E-state index in [9.17, 15) is 9.59 Å². The van der Waals surface area contributed by atoms with Crippen LogP contribution in [0.3, 0.4) is 0 Å². The summed E-state index contributed by atoms with van der Waals surface area (Å²) in [5.74, 6) is -0.0304. The smallest absolute Gasteiger partial charge is 0.312 e. The van der Waals surface area contributed by atoms with E-state index in [1.54, 1.807) is 18.2 Å². The fraction of sp³-hybridized carbons (Fsp3) is 0.222. The summed E-state index contributed by atoms with van der Waals surface area (Å²) in [6, 6.07) is 14.5. The Morgan fingerprint density at radius 3 is 2.57 bits per heavy atom. The van der Waals surface area contributed by atoms with Gasteiger partial charge in [-0.25, -0.2) is 0 Å². The number of carbonyl (C=O) groups is 2. The van der Waals surface area contributed by atoms with E-state index in [0.717, 1.165) is 11.1 Å². The molecule has 23 heavy (non-hydrogen) atoms. The van der Waals surface area contributed by atoms with Gasteiger partial charge in [0.2, 0.25) is 5.91 Å². The van der Waals surface area contributed by atoms with E-state index in [-0.39, 0.29) is 18.9 Å². The van der Waals surface area contributed by atoms with Gasteiger partial charge in [-0.15, -0.1) is 0 Å². The van der Waals surface area contributed by atoms with E-state index in [2.05, 4.69) is 5.32 Å². The number of amides is 1. The van der Waals surface area contributed by atoms with Crippen LogP contribution in [0.5, 0.6) is 5.75 Å². The number of benzene rings is 2. The molecule has 0 aliphatic carbocycles. The SMILES string of the molecule is Cc1cc(Cl)ccc1OC(=O)CCNC(=O)Cc1ccccc1. The van der Waals surface area contributed by atoms with Gasteiger partial charge in [0, 0.05) is 11.6 Å². The second-order valence-electron chi connectivity index (χ2n) is 5.15. The molecule has 2 rings (SSSR count). The van der Waals surface area contributed by atoms with Crippen LogP contribution in [0.15, 0.2) is 48.5 Å². The van der Waals surface area contributed by atoms with Gasteiger partial charge in [-0.2, -0.15) is 0 Å². The molecule has 2 aromatic rings. The van der Waals surface area contributed by atoms with Crippen molar-refractivity contribution in [3.05, 3.63) is 64.7 Å². The summed E-state index contributed by atoms with van der Waals surface area (Å²) >= 11 is 5.85. The average molecular weight is 332 g/mol. The molecule has 0 radical (unpaired) electrons. The van der Waals surface area contributed by atoms with Crippen LogP contribution in [0.4, 0.5) is 0 Å². The fourth-order valence-electron chi connectivity index (χ4n) is 2.05. The minimum atomic E-state index is -0.393. The Kier molecular flexibility index (Phi) is 6.18. The van der Waals surface area contributed by atoms with Gasteiger partial charge >= 0.3 is 5.97 Å². The summed E-state index contributed by atoms with van der Waals surface area (Å²) < 4.78 is 5.25. The molecule has 2 aromatic carbocycles. The molecule has 0 saturated heterocycles. The predicted octanol–water partition coefficient (Wildman–Crippen LogP) is 3.30. The number of halogens is 1. The minimum absolute atomic E-state index is 0.114. The highest BCUT2D eigenvalue weighted by Crippen LogP contribution is 2.22. The summed E-state index contributed by atoms with van der Waals surface area (Å²) in [4.78, 5) is 23.5. The molecule has 0 heterocycles. The van der Waals surface area contributed by atoms with Crippen molar-refractivity contribution in [1.29, 1.82) is 0 Å². The highest BCUT2D eigenvalue weighted by Gasteiger charge is 2.09. The molecule has 0 fully saturated rings. The lowest BCUT2D eigenvalue weighted by molar-refractivity contribution is -0.134. The van der Waals surface area contributed by atoms with Crippen molar-refractivity contribution >= 4 is 23.5 Å². The van der Waals surface area contributed by atoms with Crippen LogP contribution in [0.2, 0.25) is 5.02 Å². The molecule has 0 aromatic heterocycles. The Labute approximate surface area is 140 Å². The monoisotopic (exact) mass is 331 g/mol. The van der Waals surface area contributed by atoms with Gasteiger partial charge in [0.1, 0.15) is 5.75 Å². The molecular weight excluding hydrogens is 314 g/mol. The van der Waals surface area contributed by atoms with Crippen molar-refractivity contribution in [2.75, 3.05) is 6.54 Å². The maximum atomic E-state index is 11.8. The number of hydrogen-bond acceptors (Lipinski definition) is 3. The lowest BCUT2D eigenvalue weighted by atomic mass is 10.1. The molecular formula is C18H18ClNO3. The van der Waals surface area contributed by atoms with Crippen LogP contribution in [0.1, 0.15) is 17.5 Å². The first kappa shape index (κ1) is 17.0. The summed E-state index contributed by atoms with van der Waals surface area (Å²) in [6.45, 7) is 2.06. The normalized spacial score (nSPS) is 10.2. The minimum Gasteiger partial charge on any atom is -0.426 e. The van der Waals surface area contributed by atoms with Crippen molar-refractivity contribution < 1.29 is 14.3 Å². The maximum absolute atomic E-state index is 11.8. The predicted molar refractivity (Wildman–Crippen MR) is 89.6 cm³/mol. The summed E-state index contributed by atoms with van der Waals surface area (Å²) in [5.41, 5.74) is 1.73. The van der Waals surface area contributed by atoms with Gasteiger partial charge in [0.05, 0.1) is 12.8 Å². The summed E-state index contributed by atoms with van der Waals surface area (Å²) in [5, 5.41) is 3.30. The lowest BCUT2D eigenvalue weighted by Gasteiger charge is -2.08. The van der Waals surface area contributed by atoms with Gasteiger partial charge in [0.25, 0.3) is 0 Å². The average Bonchev–Trinajstić information content (AvgIpc) is 2.51. The first-order chi connectivity index (χ1) is 11.0. The molecule has 120 valence electrons. The third-order valence-corrected chi connectivity index (χ3v) is 3.45. The van der Waals surface area contributed by atoms with Crippen LogP contribution in [-0.4, -0.2) is 18.4 Å². The first-order valence-electron chi connectivity index (χ1n) is 7.32. The topological polar surface area (TPSA) is 55.4 Å². The first-order valence-corrected chi connectivity index (χ1v) is 7.70. The Bertz CT molecular complexity index is 686. The molecule has 5 heteroatoms. The highest BCUT2D eigenvalue weighted by atomic mass is 35.5. The molecule has 1 amide bonds. The number of carbonyl (C=O) groups excluding carboxylic acids is 2. The van der Waals surface area contributed by atoms with Crippen LogP contribution in [-0.2, 0) is 16.0 Å². The lowest BCUT2D eigenvalue weighted by Crippen LogP contribution is -2.28. The molecule has 0 bridgehead atoms. The Balaban J connectivity index is 1.73. The third-order valence-electron chi connectivity index (χ3n) is 3.22. The second kappa shape index (κ2) is 8.34. The molecule has 0 saturated carbocycles. The van der Waals surface area contributed by atoms with Crippen molar-refractivity contribution in [1.82, 2.24) is 5.32 Å². The second-order valence-corrected chi connectivity index (χ2v) is 5.58. The zero-order valence-corrected chi connectivity index (χ0v) is 13.6. The summed E-state index contributed by atoms with van der Waals surface area (Å²) in [7, 11) is 0. The number of ether oxygens (including phenoxy) is 1. The Hall–Kier alpha value is -2.33. The van der Waals surface area contributed by atoms with Crippen molar-refractivity contribution in [3.8, 4) is 5.75 Å². The standard InChI is InChI=1S/C18H18ClNO3/c1-13-11-15(19)7-8-16(13)23-18(22)9-10-20-17(21)12-14-5-3-2-4-6-14/h2-8,11H,9-10,12H2,1H3,(H,20,21). The van der Waals surface area contributed by atoms with E-state index in [1.165, 1.54) is 0 Å². The third kappa shape index (κ3) is 5.75. The highest BCUT2D eigenvalue weighted by molar-refractivity contribution is 6.30. The maximum Gasteiger partial charge on any atom is 0.312 e. The molecule has 0 atom stereocenters. The molecule has 0 spiro atoms. The number of nitrogens with one attached hydrogen (secondary N) is 1. The van der Waals surface area contributed by atoms with Crippen LogP contribution in [0.25, 0.3) is 0 Å². The molecule has 1 N–H and O–H groups in total. The largest absolute Gasteiger partial charge is 0.426 e. The number of aryl methyl sites for hydroxylation is 1. The summed E-state index contributed by atoms with van der Waals surface area (Å²) in [6.07, 6.45) is 0.411. The van der Waals surface area contributed by atoms with Gasteiger partial charge < -0.3 is 10.1 Å². The zero-order valence-electron chi connectivity index (χ0n) is 12.8. The van der Waals surface area contributed by atoms with E-state index in [0.29, 0.717) is 17.2 Å². The van der Waals surface area contributed by atoms with Crippen molar-refractivity contribution in [2.45, 2.75) is 19.8 Å². The van der Waals surface area contributed by atoms with E-state index in [1.807, 2.05) is 37.3 Å². The molecule has 0 aliphatic heterocycles. The van der Waals surface area contributed by atoms with Gasteiger partial charge in [-0.3, -0.25) is 9.59 Å². The Morgan fingerprint density at radius 1 is 1.13 bits per heavy atom. The Morgan fingerprint density at radius 2 is 1.87 bits per heavy atom. The van der Waals surface area contributed by atoms with Gasteiger partial charge in [-0.1, -0.05) is 41.9 Å². The number of rotatable bonds is 6. The van der Waals surface area contributed by atoms with Crippen LogP contribution in [0, 0.1) is 6.92 Å². The van der Waals surface area contributed by atoms with Crippen molar-refractivity contribution in [3.63, 3.8) is 0 Å². The van der Waals surface area contributed by atoms with E-state index >= 15 is 0 Å². The van der Waals surface area contributed by atoms with Crippen LogP contribution < -0.4 is 10.1 Å². The molecule has 4 nitrogen and oxygen atoms in total. The fourth-order valence-corrected chi connectivity index (χ4v) is 2.28. The van der Waals surface area contributed by atoms with Crippen molar-refractivity contribution in [2.24, 2.45) is 0 Å². The molecule has 0 unspecified atom stereocenters. The van der Waals surface area contributed by atoms with Crippen LogP contribution >= 0.6 is 11.6 Å². The van der Waals surface area contributed by atoms with E-state index in [4.69, 9.17) is 16.3 Å². The van der Waals surface area contributed by atoms with E-state index < -0.39 is 5.97 Å². The zero-order chi connectivity index (χ0) is 16.7. The number of esters is 1. The van der Waals surface area contributed by atoms with Gasteiger partial charge in [-0.05, 0) is 36.2 Å².